The van der Waals surface area contributed by atoms with Gasteiger partial charge in [0.15, 0.2) is 11.7 Å². The molecule has 8 heteroatoms. The molecule has 0 unspecified atom stereocenters. The number of carbonyl (C=O) groups excluding carboxylic acids is 2. The van der Waals surface area contributed by atoms with Crippen molar-refractivity contribution in [3.8, 4) is 11.3 Å². The van der Waals surface area contributed by atoms with Crippen LogP contribution in [-0.4, -0.2) is 28.5 Å². The van der Waals surface area contributed by atoms with Crippen LogP contribution in [0.25, 0.3) is 22.2 Å². The molecular formula is C24H20ClN3O3S. The fraction of sp³-hybridized carbons (Fsp3) is 0.167. The number of amides is 1. The molecule has 0 aliphatic heterocycles. The predicted molar refractivity (Wildman–Crippen MR) is 127 cm³/mol. The highest BCUT2D eigenvalue weighted by Crippen LogP contribution is 2.26. The van der Waals surface area contributed by atoms with Crippen LogP contribution in [0.15, 0.2) is 53.9 Å². The number of aryl methyl sites for hydroxylation is 1. The summed E-state index contributed by atoms with van der Waals surface area (Å²) in [4.78, 5) is 34.3. The van der Waals surface area contributed by atoms with E-state index in [0.29, 0.717) is 27.5 Å². The van der Waals surface area contributed by atoms with Gasteiger partial charge in [0.2, 0.25) is 0 Å². The number of anilines is 1. The van der Waals surface area contributed by atoms with Gasteiger partial charge in [-0.2, -0.15) is 0 Å². The van der Waals surface area contributed by atoms with Crippen molar-refractivity contribution < 1.29 is 14.3 Å². The molecule has 32 heavy (non-hydrogen) atoms. The average molecular weight is 466 g/mol. The van der Waals surface area contributed by atoms with Gasteiger partial charge < -0.3 is 4.74 Å². The molecule has 6 nitrogen and oxygen atoms in total. The second kappa shape index (κ2) is 9.46. The van der Waals surface area contributed by atoms with Gasteiger partial charge in [-0.05, 0) is 37.1 Å². The number of carbonyl (C=O) groups is 2. The number of nitrogens with one attached hydrogen (secondary N) is 1. The minimum Gasteiger partial charge on any atom is -0.452 e. The first-order valence-corrected chi connectivity index (χ1v) is 11.3. The zero-order valence-corrected chi connectivity index (χ0v) is 19.1. The number of thiazole rings is 1. The van der Waals surface area contributed by atoms with Crippen LogP contribution in [0, 0.1) is 6.92 Å². The third-order valence-corrected chi connectivity index (χ3v) is 6.01. The lowest BCUT2D eigenvalue weighted by atomic mass is 10.0. The summed E-state index contributed by atoms with van der Waals surface area (Å²) in [6.45, 7) is 3.42. The molecule has 2 aromatic heterocycles. The van der Waals surface area contributed by atoms with E-state index < -0.39 is 18.5 Å². The lowest BCUT2D eigenvalue weighted by molar-refractivity contribution is -0.119. The lowest BCUT2D eigenvalue weighted by Gasteiger charge is -2.13. The Morgan fingerprint density at radius 1 is 1.09 bits per heavy atom. The molecule has 0 saturated carbocycles. The van der Waals surface area contributed by atoms with Crippen molar-refractivity contribution in [3.63, 3.8) is 0 Å². The van der Waals surface area contributed by atoms with E-state index >= 15 is 0 Å². The van der Waals surface area contributed by atoms with Gasteiger partial charge in [-0.1, -0.05) is 48.9 Å². The van der Waals surface area contributed by atoms with Gasteiger partial charge in [0.05, 0.1) is 16.8 Å². The van der Waals surface area contributed by atoms with Crippen LogP contribution in [0.2, 0.25) is 5.02 Å². The van der Waals surface area contributed by atoms with Crippen molar-refractivity contribution in [2.24, 2.45) is 0 Å². The fourth-order valence-electron chi connectivity index (χ4n) is 3.41. The van der Waals surface area contributed by atoms with Crippen LogP contribution in [0.5, 0.6) is 0 Å². The summed E-state index contributed by atoms with van der Waals surface area (Å²) in [6, 6.07) is 14.7. The number of hydrogen-bond acceptors (Lipinski definition) is 6. The minimum absolute atomic E-state index is 0.410. The van der Waals surface area contributed by atoms with Crippen molar-refractivity contribution >= 4 is 50.8 Å². The third kappa shape index (κ3) is 4.64. The van der Waals surface area contributed by atoms with Crippen molar-refractivity contribution in [1.29, 1.82) is 0 Å². The summed E-state index contributed by atoms with van der Waals surface area (Å²) in [5, 5.41) is 6.29. The van der Waals surface area contributed by atoms with Crippen LogP contribution in [0.3, 0.4) is 0 Å². The van der Waals surface area contributed by atoms with E-state index in [0.717, 1.165) is 28.0 Å². The molecule has 0 radical (unpaired) electrons. The summed E-state index contributed by atoms with van der Waals surface area (Å²) in [5.41, 5.74) is 4.39. The first-order chi connectivity index (χ1) is 15.5. The number of hydrogen-bond donors (Lipinski definition) is 1. The molecule has 1 N–H and O–H groups in total. The van der Waals surface area contributed by atoms with Crippen LogP contribution >= 0.6 is 22.9 Å². The first-order valence-electron chi connectivity index (χ1n) is 10.0. The van der Waals surface area contributed by atoms with E-state index in [1.165, 1.54) is 11.3 Å². The number of pyridine rings is 1. The van der Waals surface area contributed by atoms with Crippen molar-refractivity contribution in [3.05, 3.63) is 75.8 Å². The van der Waals surface area contributed by atoms with Gasteiger partial charge in [0, 0.05) is 27.0 Å². The normalized spacial score (nSPS) is 10.8. The molecule has 0 bridgehead atoms. The highest BCUT2D eigenvalue weighted by Gasteiger charge is 2.20. The Kier molecular flexibility index (Phi) is 6.48. The van der Waals surface area contributed by atoms with Gasteiger partial charge in [-0.25, -0.2) is 9.78 Å². The fourth-order valence-corrected chi connectivity index (χ4v) is 4.27. The molecule has 0 saturated heterocycles. The molecule has 2 aromatic carbocycles. The molecular weight excluding hydrogens is 446 g/mol. The number of benzene rings is 2. The molecule has 0 spiro atoms. The molecule has 162 valence electrons. The minimum atomic E-state index is -0.549. The highest BCUT2D eigenvalue weighted by atomic mass is 35.5. The van der Waals surface area contributed by atoms with E-state index in [4.69, 9.17) is 16.3 Å². The summed E-state index contributed by atoms with van der Waals surface area (Å²) in [5.74, 6) is -1.01. The van der Waals surface area contributed by atoms with Gasteiger partial charge in [-0.15, -0.1) is 11.3 Å². The highest BCUT2D eigenvalue weighted by molar-refractivity contribution is 7.14. The topological polar surface area (TPSA) is 81.2 Å². The summed E-state index contributed by atoms with van der Waals surface area (Å²) in [7, 11) is 0. The summed E-state index contributed by atoms with van der Waals surface area (Å²) in [6.07, 6.45) is 0.692. The monoisotopic (exact) mass is 465 g/mol. The molecule has 0 aliphatic carbocycles. The maximum atomic E-state index is 12.9. The van der Waals surface area contributed by atoms with Gasteiger partial charge in [-0.3, -0.25) is 15.1 Å². The van der Waals surface area contributed by atoms with E-state index in [2.05, 4.69) is 15.3 Å². The van der Waals surface area contributed by atoms with Crippen molar-refractivity contribution in [1.82, 2.24) is 9.97 Å². The molecule has 1 amide bonds. The third-order valence-electron chi connectivity index (χ3n) is 5.00. The second-order valence-corrected chi connectivity index (χ2v) is 8.39. The number of halogens is 1. The van der Waals surface area contributed by atoms with Crippen molar-refractivity contribution in [2.45, 2.75) is 20.3 Å². The number of para-hydroxylation sites is 1. The van der Waals surface area contributed by atoms with Crippen LogP contribution < -0.4 is 5.32 Å². The maximum Gasteiger partial charge on any atom is 0.339 e. The van der Waals surface area contributed by atoms with Gasteiger partial charge in [0.25, 0.3) is 5.91 Å². The number of rotatable bonds is 6. The molecule has 0 atom stereocenters. The zero-order chi connectivity index (χ0) is 22.7. The summed E-state index contributed by atoms with van der Waals surface area (Å²) < 4.78 is 5.34. The largest absolute Gasteiger partial charge is 0.452 e. The quantitative estimate of drug-likeness (QED) is 0.370. The Morgan fingerprint density at radius 2 is 1.84 bits per heavy atom. The Hall–Kier alpha value is -3.29. The molecule has 0 fully saturated rings. The second-order valence-electron chi connectivity index (χ2n) is 7.10. The number of fused-ring (bicyclic) bond motifs is 1. The SMILES string of the molecule is CCc1nc2ccccc2c(C(=O)OCC(=O)Nc2nc(-c3ccc(Cl)cc3)cs2)c1C. The van der Waals surface area contributed by atoms with E-state index in [1.54, 1.807) is 12.1 Å². The molecule has 4 rings (SSSR count). The van der Waals surface area contributed by atoms with Crippen LogP contribution in [0.1, 0.15) is 28.5 Å². The molecule has 2 heterocycles. The maximum absolute atomic E-state index is 12.9. The Balaban J connectivity index is 1.44. The molecule has 4 aromatic rings. The number of esters is 1. The van der Waals surface area contributed by atoms with Crippen LogP contribution in [0.4, 0.5) is 5.13 Å². The smallest absolute Gasteiger partial charge is 0.339 e. The van der Waals surface area contributed by atoms with E-state index in [9.17, 15) is 9.59 Å². The van der Waals surface area contributed by atoms with Gasteiger partial charge in [0.1, 0.15) is 0 Å². The Labute approximate surface area is 194 Å². The van der Waals surface area contributed by atoms with Gasteiger partial charge >= 0.3 is 5.97 Å². The Bertz CT molecular complexity index is 1300. The standard InChI is InChI=1S/C24H20ClN3O3S/c1-3-18-14(2)22(17-6-4-5-7-19(17)26-18)23(30)31-12-21(29)28-24-27-20(13-32-24)15-8-10-16(25)11-9-15/h4-11,13H,3,12H2,1-2H3,(H,27,28,29). The number of ether oxygens (including phenoxy) is 1. The average Bonchev–Trinajstić information content (AvgIpc) is 3.26. The first kappa shape index (κ1) is 21.9. The predicted octanol–water partition coefficient (Wildman–Crippen LogP) is 5.68. The van der Waals surface area contributed by atoms with E-state index in [-0.39, 0.29) is 0 Å². The van der Waals surface area contributed by atoms with Crippen molar-refractivity contribution in [2.75, 3.05) is 11.9 Å². The summed E-state index contributed by atoms with van der Waals surface area (Å²) >= 11 is 7.21. The molecule has 0 aliphatic rings. The Morgan fingerprint density at radius 3 is 2.59 bits per heavy atom. The zero-order valence-electron chi connectivity index (χ0n) is 17.5. The lowest BCUT2D eigenvalue weighted by Crippen LogP contribution is -2.21. The van der Waals surface area contributed by atoms with Crippen LogP contribution in [-0.2, 0) is 16.0 Å². The van der Waals surface area contributed by atoms with E-state index in [1.807, 2.05) is 55.6 Å². The number of aromatic nitrogens is 2. The number of nitrogens with zero attached hydrogens (tertiary/aromatic N) is 2.